The molecule has 1 aliphatic carbocycles. The van der Waals surface area contributed by atoms with E-state index >= 15 is 0 Å². The Morgan fingerprint density at radius 3 is 2.25 bits per heavy atom. The summed E-state index contributed by atoms with van der Waals surface area (Å²) >= 11 is 0. The number of Topliss-reactive ketones (excluding diaryl/α,β-unsaturated/α-hetero) is 1. The number of methoxy groups -OCH3 is 4. The van der Waals surface area contributed by atoms with Crippen LogP contribution in [0.4, 0.5) is 0 Å². The van der Waals surface area contributed by atoms with Crippen molar-refractivity contribution in [2.45, 2.75) is 6.42 Å². The Kier molecular flexibility index (Phi) is 3.83. The first-order valence-electron chi connectivity index (χ1n) is 6.02. The quantitative estimate of drug-likeness (QED) is 0.610. The van der Waals surface area contributed by atoms with Crippen molar-refractivity contribution >= 4 is 11.8 Å². The number of fused-ring (bicyclic) bond motifs is 1. The van der Waals surface area contributed by atoms with Crippen molar-refractivity contribution in [1.82, 2.24) is 0 Å². The second kappa shape index (κ2) is 5.40. The fraction of sp³-hybridized carbons (Fsp3) is 0.429. The number of ether oxygens (including phenoxy) is 4. The van der Waals surface area contributed by atoms with Crippen LogP contribution in [0.25, 0.3) is 0 Å². The van der Waals surface area contributed by atoms with E-state index in [1.807, 2.05) is 0 Å². The monoisotopic (exact) mass is 280 g/mol. The van der Waals surface area contributed by atoms with Crippen LogP contribution < -0.4 is 14.2 Å². The molecule has 0 aliphatic heterocycles. The maximum Gasteiger partial charge on any atom is 0.316 e. The standard InChI is InChI=1S/C14H16O6/c1-17-9-6-7-5-8(14(16)20-4)11(15)10(7)13(19-3)12(9)18-2/h6,8H,5H2,1-4H3. The molecule has 20 heavy (non-hydrogen) atoms. The van der Waals surface area contributed by atoms with Gasteiger partial charge in [0.05, 0.1) is 34.0 Å². The first-order valence-corrected chi connectivity index (χ1v) is 6.02. The van der Waals surface area contributed by atoms with Gasteiger partial charge in [0.25, 0.3) is 0 Å². The molecule has 0 aromatic heterocycles. The molecular weight excluding hydrogens is 264 g/mol. The molecule has 0 radical (unpaired) electrons. The predicted molar refractivity (Wildman–Crippen MR) is 69.6 cm³/mol. The molecule has 108 valence electrons. The van der Waals surface area contributed by atoms with Gasteiger partial charge in [0, 0.05) is 0 Å². The third-order valence-corrected chi connectivity index (χ3v) is 3.38. The number of rotatable bonds is 4. The maximum atomic E-state index is 12.4. The zero-order valence-electron chi connectivity index (χ0n) is 11.8. The number of hydrogen-bond donors (Lipinski definition) is 0. The van der Waals surface area contributed by atoms with Crippen LogP contribution in [-0.2, 0) is 16.0 Å². The molecule has 0 heterocycles. The van der Waals surface area contributed by atoms with Gasteiger partial charge in [-0.25, -0.2) is 0 Å². The SMILES string of the molecule is COC(=O)C1Cc2cc(OC)c(OC)c(OC)c2C1=O. The highest BCUT2D eigenvalue weighted by atomic mass is 16.5. The van der Waals surface area contributed by atoms with Crippen molar-refractivity contribution in [2.24, 2.45) is 5.92 Å². The second-order valence-electron chi connectivity index (χ2n) is 4.32. The van der Waals surface area contributed by atoms with E-state index in [4.69, 9.17) is 14.2 Å². The fourth-order valence-electron chi connectivity index (χ4n) is 2.46. The third kappa shape index (κ3) is 1.97. The van der Waals surface area contributed by atoms with Crippen LogP contribution in [0.5, 0.6) is 17.2 Å². The zero-order valence-corrected chi connectivity index (χ0v) is 11.8. The Bertz CT molecular complexity index is 563. The predicted octanol–water partition coefficient (Wildman–Crippen LogP) is 1.24. The Hall–Kier alpha value is -2.24. The molecule has 0 saturated carbocycles. The molecule has 0 amide bonds. The number of benzene rings is 1. The van der Waals surface area contributed by atoms with Crippen molar-refractivity contribution < 1.29 is 28.5 Å². The molecule has 1 unspecified atom stereocenters. The van der Waals surface area contributed by atoms with Crippen LogP contribution in [0.15, 0.2) is 6.07 Å². The summed E-state index contributed by atoms with van der Waals surface area (Å²) in [5, 5.41) is 0. The Balaban J connectivity index is 2.59. The molecule has 1 atom stereocenters. The van der Waals surface area contributed by atoms with E-state index in [-0.39, 0.29) is 12.2 Å². The summed E-state index contributed by atoms with van der Waals surface area (Å²) in [6.45, 7) is 0. The molecule has 0 fully saturated rings. The van der Waals surface area contributed by atoms with Gasteiger partial charge in [-0.1, -0.05) is 0 Å². The second-order valence-corrected chi connectivity index (χ2v) is 4.32. The van der Waals surface area contributed by atoms with Crippen molar-refractivity contribution in [2.75, 3.05) is 28.4 Å². The summed E-state index contributed by atoms with van der Waals surface area (Å²) in [7, 11) is 5.66. The van der Waals surface area contributed by atoms with Crippen LogP contribution in [0.2, 0.25) is 0 Å². The maximum absolute atomic E-state index is 12.4. The molecule has 2 rings (SSSR count). The van der Waals surface area contributed by atoms with Gasteiger partial charge in [-0.05, 0) is 18.1 Å². The molecule has 0 bridgehead atoms. The molecule has 6 heteroatoms. The van der Waals surface area contributed by atoms with Gasteiger partial charge in [-0.15, -0.1) is 0 Å². The molecule has 1 aromatic carbocycles. The molecule has 6 nitrogen and oxygen atoms in total. The highest BCUT2D eigenvalue weighted by molar-refractivity contribution is 6.14. The Labute approximate surface area is 116 Å². The zero-order chi connectivity index (χ0) is 14.9. The number of ketones is 1. The molecule has 0 spiro atoms. The van der Waals surface area contributed by atoms with E-state index in [2.05, 4.69) is 4.74 Å². The van der Waals surface area contributed by atoms with Crippen LogP contribution in [0, 0.1) is 5.92 Å². The van der Waals surface area contributed by atoms with Crippen LogP contribution in [0.3, 0.4) is 0 Å². The van der Waals surface area contributed by atoms with E-state index in [0.717, 1.165) is 0 Å². The summed E-state index contributed by atoms with van der Waals surface area (Å²) in [4.78, 5) is 24.0. The van der Waals surface area contributed by atoms with Gasteiger partial charge in [0.2, 0.25) is 5.75 Å². The lowest BCUT2D eigenvalue weighted by molar-refractivity contribution is -0.143. The van der Waals surface area contributed by atoms with Gasteiger partial charge < -0.3 is 18.9 Å². The lowest BCUT2D eigenvalue weighted by Crippen LogP contribution is -2.22. The van der Waals surface area contributed by atoms with Crippen LogP contribution in [-0.4, -0.2) is 40.2 Å². The third-order valence-electron chi connectivity index (χ3n) is 3.38. The minimum Gasteiger partial charge on any atom is -0.493 e. The average Bonchev–Trinajstić information content (AvgIpc) is 2.81. The van der Waals surface area contributed by atoms with Gasteiger partial charge >= 0.3 is 5.97 Å². The number of esters is 1. The minimum atomic E-state index is -0.833. The lowest BCUT2D eigenvalue weighted by atomic mass is 10.1. The van der Waals surface area contributed by atoms with Crippen molar-refractivity contribution in [3.63, 3.8) is 0 Å². The molecule has 1 aromatic rings. The largest absolute Gasteiger partial charge is 0.493 e. The highest BCUT2D eigenvalue weighted by Gasteiger charge is 2.40. The van der Waals surface area contributed by atoms with Gasteiger partial charge in [-0.2, -0.15) is 0 Å². The fourth-order valence-corrected chi connectivity index (χ4v) is 2.46. The molecule has 1 aliphatic rings. The topological polar surface area (TPSA) is 71.1 Å². The van der Waals surface area contributed by atoms with Gasteiger partial charge in [0.1, 0.15) is 5.92 Å². The average molecular weight is 280 g/mol. The lowest BCUT2D eigenvalue weighted by Gasteiger charge is -2.15. The molecular formula is C14H16O6. The van der Waals surface area contributed by atoms with Crippen molar-refractivity contribution in [3.05, 3.63) is 17.2 Å². The van der Waals surface area contributed by atoms with Crippen molar-refractivity contribution in [1.29, 1.82) is 0 Å². The summed E-state index contributed by atoms with van der Waals surface area (Å²) in [5.41, 5.74) is 1.06. The summed E-state index contributed by atoms with van der Waals surface area (Å²) in [6.07, 6.45) is 0.275. The van der Waals surface area contributed by atoms with E-state index in [9.17, 15) is 9.59 Å². The Morgan fingerprint density at radius 1 is 1.10 bits per heavy atom. The van der Waals surface area contributed by atoms with Crippen LogP contribution >= 0.6 is 0 Å². The minimum absolute atomic E-state index is 0.275. The number of hydrogen-bond acceptors (Lipinski definition) is 6. The number of carbonyl (C=O) groups is 2. The molecule has 0 N–H and O–H groups in total. The van der Waals surface area contributed by atoms with E-state index in [1.54, 1.807) is 6.07 Å². The summed E-state index contributed by atoms with van der Waals surface area (Å²) in [6, 6.07) is 1.69. The van der Waals surface area contributed by atoms with Gasteiger partial charge in [0.15, 0.2) is 17.3 Å². The smallest absolute Gasteiger partial charge is 0.316 e. The van der Waals surface area contributed by atoms with E-state index < -0.39 is 11.9 Å². The highest BCUT2D eigenvalue weighted by Crippen LogP contribution is 2.46. The van der Waals surface area contributed by atoms with E-state index in [1.165, 1.54) is 28.4 Å². The van der Waals surface area contributed by atoms with Crippen molar-refractivity contribution in [3.8, 4) is 17.2 Å². The number of carbonyl (C=O) groups excluding carboxylic acids is 2. The Morgan fingerprint density at radius 2 is 1.75 bits per heavy atom. The van der Waals surface area contributed by atoms with Crippen LogP contribution in [0.1, 0.15) is 15.9 Å². The molecule has 0 saturated heterocycles. The summed E-state index contributed by atoms with van der Waals surface area (Å²) < 4.78 is 20.4. The normalized spacial score (nSPS) is 16.6. The summed E-state index contributed by atoms with van der Waals surface area (Å²) in [5.74, 6) is -0.608. The first kappa shape index (κ1) is 14.2. The van der Waals surface area contributed by atoms with Gasteiger partial charge in [-0.3, -0.25) is 9.59 Å². The first-order chi connectivity index (χ1) is 9.58. The van der Waals surface area contributed by atoms with E-state index in [0.29, 0.717) is 28.4 Å².